The Hall–Kier alpha value is -0.230. The van der Waals surface area contributed by atoms with Gasteiger partial charge in [0.15, 0.2) is 0 Å². The molecule has 0 aromatic heterocycles. The van der Waals surface area contributed by atoms with Crippen molar-refractivity contribution in [2.75, 3.05) is 19.1 Å². The lowest BCUT2D eigenvalue weighted by molar-refractivity contribution is 0.415. The molecule has 6 heteroatoms. The molecular weight excluding hydrogens is 290 g/mol. The fourth-order valence-corrected chi connectivity index (χ4v) is 3.84. The highest BCUT2D eigenvalue weighted by Crippen LogP contribution is 2.19. The Kier molecular flexibility index (Phi) is 5.98. The molecule has 0 bridgehead atoms. The third-order valence-electron chi connectivity index (χ3n) is 2.78. The summed E-state index contributed by atoms with van der Waals surface area (Å²) in [6.07, 6.45) is 1.96. The Balaban J connectivity index is 2.97. The Morgan fingerprint density at radius 1 is 1.33 bits per heavy atom. The molecule has 0 saturated heterocycles. The zero-order chi connectivity index (χ0) is 13.8. The van der Waals surface area contributed by atoms with Crippen LogP contribution in [0.15, 0.2) is 29.2 Å². The van der Waals surface area contributed by atoms with Crippen molar-refractivity contribution in [2.24, 2.45) is 0 Å². The molecule has 1 aromatic carbocycles. The maximum atomic E-state index is 12.3. The van der Waals surface area contributed by atoms with Gasteiger partial charge >= 0.3 is 0 Å². The molecule has 18 heavy (non-hydrogen) atoms. The van der Waals surface area contributed by atoms with Crippen molar-refractivity contribution >= 4 is 33.4 Å². The molecule has 0 aliphatic heterocycles. The zero-order valence-corrected chi connectivity index (χ0v) is 13.1. The molecule has 1 rings (SSSR count). The van der Waals surface area contributed by atoms with Gasteiger partial charge in [0.1, 0.15) is 0 Å². The lowest BCUT2D eigenvalue weighted by Crippen LogP contribution is -2.36. The van der Waals surface area contributed by atoms with Crippen molar-refractivity contribution in [3.8, 4) is 0 Å². The second-order valence-corrected chi connectivity index (χ2v) is 7.28. The topological polar surface area (TPSA) is 37.4 Å². The first-order chi connectivity index (χ1) is 8.43. The van der Waals surface area contributed by atoms with Crippen LogP contribution in [0.25, 0.3) is 0 Å². The van der Waals surface area contributed by atoms with Crippen molar-refractivity contribution in [1.82, 2.24) is 4.31 Å². The van der Waals surface area contributed by atoms with E-state index in [1.807, 2.05) is 13.2 Å². The van der Waals surface area contributed by atoms with Gasteiger partial charge in [-0.05, 0) is 30.9 Å². The summed E-state index contributed by atoms with van der Waals surface area (Å²) >= 11 is 7.32. The van der Waals surface area contributed by atoms with Gasteiger partial charge in [0, 0.05) is 24.7 Å². The summed E-state index contributed by atoms with van der Waals surface area (Å²) in [6.45, 7) is 1.90. The van der Waals surface area contributed by atoms with Crippen molar-refractivity contribution in [3.05, 3.63) is 29.8 Å². The normalized spacial score (nSPS) is 13.8. The van der Waals surface area contributed by atoms with Gasteiger partial charge < -0.3 is 0 Å². The van der Waals surface area contributed by atoms with Crippen molar-refractivity contribution in [3.63, 3.8) is 0 Å². The summed E-state index contributed by atoms with van der Waals surface area (Å²) in [5.41, 5.74) is 0.912. The number of sulfonamides is 1. The zero-order valence-electron chi connectivity index (χ0n) is 10.8. The minimum Gasteiger partial charge on any atom is -0.207 e. The number of benzene rings is 1. The molecule has 0 aliphatic rings. The average molecular weight is 308 g/mol. The monoisotopic (exact) mass is 307 g/mol. The molecule has 0 amide bonds. The summed E-state index contributed by atoms with van der Waals surface area (Å²) < 4.78 is 26.1. The van der Waals surface area contributed by atoms with E-state index in [9.17, 15) is 8.42 Å². The van der Waals surface area contributed by atoms with Crippen LogP contribution in [0.3, 0.4) is 0 Å². The number of rotatable bonds is 6. The smallest absolute Gasteiger partial charge is 0.207 e. The molecule has 1 aromatic rings. The molecule has 0 saturated carbocycles. The van der Waals surface area contributed by atoms with Gasteiger partial charge in [0.05, 0.1) is 4.90 Å². The number of nitrogens with zero attached hydrogens (tertiary/aromatic N) is 1. The van der Waals surface area contributed by atoms with E-state index in [1.165, 1.54) is 4.31 Å². The lowest BCUT2D eigenvalue weighted by Gasteiger charge is -2.23. The first kappa shape index (κ1) is 15.8. The Morgan fingerprint density at radius 3 is 2.33 bits per heavy atom. The molecule has 0 heterocycles. The Labute approximate surface area is 119 Å². The second-order valence-electron chi connectivity index (χ2n) is 4.10. The molecule has 1 atom stereocenters. The van der Waals surface area contributed by atoms with Gasteiger partial charge in [0.2, 0.25) is 10.0 Å². The molecule has 3 nitrogen and oxygen atoms in total. The summed E-state index contributed by atoms with van der Waals surface area (Å²) in [6, 6.07) is 6.67. The predicted octanol–water partition coefficient (Wildman–Crippen LogP) is 2.80. The van der Waals surface area contributed by atoms with E-state index >= 15 is 0 Å². The van der Waals surface area contributed by atoms with Crippen LogP contribution in [0.2, 0.25) is 0 Å². The van der Waals surface area contributed by atoms with E-state index in [0.29, 0.717) is 10.8 Å². The molecule has 0 aliphatic carbocycles. The van der Waals surface area contributed by atoms with Gasteiger partial charge in [-0.2, -0.15) is 16.1 Å². The van der Waals surface area contributed by atoms with Crippen LogP contribution >= 0.6 is 23.4 Å². The molecule has 102 valence electrons. The summed E-state index contributed by atoms with van der Waals surface area (Å²) in [4.78, 5) is 0.312. The number of halogens is 1. The molecule has 0 spiro atoms. The van der Waals surface area contributed by atoms with Crippen LogP contribution in [0, 0.1) is 0 Å². The fraction of sp³-hybridized carbons (Fsp3) is 0.500. The van der Waals surface area contributed by atoms with Crippen LogP contribution in [0.5, 0.6) is 0 Å². The van der Waals surface area contributed by atoms with E-state index in [1.54, 1.807) is 43.1 Å². The number of alkyl halides is 1. The van der Waals surface area contributed by atoms with Gasteiger partial charge in [-0.25, -0.2) is 8.42 Å². The molecule has 0 fully saturated rings. The SMILES string of the molecule is CSCC(C)N(C)S(=O)(=O)c1ccc(CCl)cc1. The van der Waals surface area contributed by atoms with E-state index in [4.69, 9.17) is 11.6 Å². The standard InChI is InChI=1S/C12H18ClNO2S2/c1-10(9-17-3)14(2)18(15,16)12-6-4-11(8-13)5-7-12/h4-7,10H,8-9H2,1-3H3. The maximum Gasteiger partial charge on any atom is 0.243 e. The summed E-state index contributed by atoms with van der Waals surface area (Å²) in [7, 11) is -1.79. The lowest BCUT2D eigenvalue weighted by atomic mass is 10.2. The highest BCUT2D eigenvalue weighted by atomic mass is 35.5. The predicted molar refractivity (Wildman–Crippen MR) is 78.8 cm³/mol. The van der Waals surface area contributed by atoms with Crippen LogP contribution in [0.1, 0.15) is 12.5 Å². The fourth-order valence-electron chi connectivity index (χ4n) is 1.50. The van der Waals surface area contributed by atoms with Crippen molar-refractivity contribution < 1.29 is 8.42 Å². The van der Waals surface area contributed by atoms with Gasteiger partial charge in [-0.1, -0.05) is 12.1 Å². The van der Waals surface area contributed by atoms with E-state index in [0.717, 1.165) is 11.3 Å². The third kappa shape index (κ3) is 3.63. The highest BCUT2D eigenvalue weighted by Gasteiger charge is 2.24. The van der Waals surface area contributed by atoms with E-state index in [-0.39, 0.29) is 6.04 Å². The minimum absolute atomic E-state index is 0.0299. The Morgan fingerprint density at radius 2 is 1.89 bits per heavy atom. The van der Waals surface area contributed by atoms with Crippen molar-refractivity contribution in [2.45, 2.75) is 23.7 Å². The van der Waals surface area contributed by atoms with Crippen LogP contribution in [-0.4, -0.2) is 37.8 Å². The molecule has 0 N–H and O–H groups in total. The number of hydrogen-bond donors (Lipinski definition) is 0. The summed E-state index contributed by atoms with van der Waals surface area (Å²) in [5, 5.41) is 0. The van der Waals surface area contributed by atoms with Crippen LogP contribution in [0.4, 0.5) is 0 Å². The van der Waals surface area contributed by atoms with E-state index < -0.39 is 10.0 Å². The second kappa shape index (κ2) is 6.80. The molecule has 0 radical (unpaired) electrons. The van der Waals surface area contributed by atoms with E-state index in [2.05, 4.69) is 0 Å². The number of hydrogen-bond acceptors (Lipinski definition) is 3. The van der Waals surface area contributed by atoms with Gasteiger partial charge in [-0.3, -0.25) is 0 Å². The van der Waals surface area contributed by atoms with Crippen molar-refractivity contribution in [1.29, 1.82) is 0 Å². The first-order valence-corrected chi connectivity index (χ1v) is 8.92. The van der Waals surface area contributed by atoms with Gasteiger partial charge in [0.25, 0.3) is 0 Å². The minimum atomic E-state index is -3.41. The third-order valence-corrected chi connectivity index (χ3v) is 5.89. The quantitative estimate of drug-likeness (QED) is 0.758. The first-order valence-electron chi connectivity index (χ1n) is 5.55. The van der Waals surface area contributed by atoms with Crippen LogP contribution in [-0.2, 0) is 15.9 Å². The maximum absolute atomic E-state index is 12.3. The Bertz CT molecular complexity index is 473. The number of thioether (sulfide) groups is 1. The average Bonchev–Trinajstić information content (AvgIpc) is 2.38. The van der Waals surface area contributed by atoms with Gasteiger partial charge in [-0.15, -0.1) is 11.6 Å². The molecule has 1 unspecified atom stereocenters. The highest BCUT2D eigenvalue weighted by molar-refractivity contribution is 7.98. The summed E-state index contributed by atoms with van der Waals surface area (Å²) in [5.74, 6) is 1.16. The molecular formula is C12H18ClNO2S2. The van der Waals surface area contributed by atoms with Crippen LogP contribution < -0.4 is 0 Å². The largest absolute Gasteiger partial charge is 0.243 e.